The van der Waals surface area contributed by atoms with Crippen molar-refractivity contribution in [3.05, 3.63) is 41.2 Å². The summed E-state index contributed by atoms with van der Waals surface area (Å²) in [5, 5.41) is 3.45. The standard InChI is InChI=1S/C15H16F2N2/c1-18-12-4-2-9(3-5-12)14-13-7-10(15(16)17)6-11(13)8-19-14/h2-5,10-11,13-15,19H,6-8H2. The van der Waals surface area contributed by atoms with Crippen LogP contribution in [0.3, 0.4) is 0 Å². The average molecular weight is 262 g/mol. The Kier molecular flexibility index (Phi) is 3.24. The number of benzene rings is 1. The molecule has 4 unspecified atom stereocenters. The maximum absolute atomic E-state index is 12.8. The summed E-state index contributed by atoms with van der Waals surface area (Å²) in [6.45, 7) is 7.78. The molecular formula is C15H16F2N2. The van der Waals surface area contributed by atoms with Gasteiger partial charge in [0.05, 0.1) is 6.57 Å². The van der Waals surface area contributed by atoms with Gasteiger partial charge in [-0.25, -0.2) is 13.6 Å². The van der Waals surface area contributed by atoms with E-state index >= 15 is 0 Å². The molecule has 0 spiro atoms. The Morgan fingerprint density at radius 1 is 1.21 bits per heavy atom. The Bertz CT molecular complexity index is 492. The summed E-state index contributed by atoms with van der Waals surface area (Å²) in [5.41, 5.74) is 1.74. The van der Waals surface area contributed by atoms with E-state index in [2.05, 4.69) is 10.2 Å². The Morgan fingerprint density at radius 3 is 2.58 bits per heavy atom. The SMILES string of the molecule is [C-]#[N+]c1ccc(C2NCC3CC(C(F)F)CC32)cc1. The Morgan fingerprint density at radius 2 is 1.95 bits per heavy atom. The predicted molar refractivity (Wildman–Crippen MR) is 69.2 cm³/mol. The zero-order valence-corrected chi connectivity index (χ0v) is 10.5. The van der Waals surface area contributed by atoms with Crippen LogP contribution in [0.2, 0.25) is 0 Å². The Hall–Kier alpha value is -1.47. The molecule has 4 heteroatoms. The number of fused-ring (bicyclic) bond motifs is 1. The molecule has 1 N–H and O–H groups in total. The zero-order valence-electron chi connectivity index (χ0n) is 10.5. The fourth-order valence-corrected chi connectivity index (χ4v) is 3.60. The van der Waals surface area contributed by atoms with Crippen LogP contribution >= 0.6 is 0 Å². The van der Waals surface area contributed by atoms with Crippen molar-refractivity contribution >= 4 is 5.69 Å². The minimum absolute atomic E-state index is 0.175. The maximum Gasteiger partial charge on any atom is 0.241 e. The molecule has 1 aromatic rings. The zero-order chi connectivity index (χ0) is 13.4. The first-order valence-electron chi connectivity index (χ1n) is 6.68. The smallest absolute Gasteiger partial charge is 0.241 e. The minimum atomic E-state index is -2.18. The second kappa shape index (κ2) is 4.90. The van der Waals surface area contributed by atoms with Crippen molar-refractivity contribution in [1.29, 1.82) is 0 Å². The van der Waals surface area contributed by atoms with Crippen LogP contribution in [0.1, 0.15) is 24.4 Å². The van der Waals surface area contributed by atoms with Gasteiger partial charge in [-0.1, -0.05) is 24.3 Å². The van der Waals surface area contributed by atoms with Crippen LogP contribution in [-0.4, -0.2) is 13.0 Å². The van der Waals surface area contributed by atoms with Gasteiger partial charge >= 0.3 is 0 Å². The second-order valence-corrected chi connectivity index (χ2v) is 5.58. The van der Waals surface area contributed by atoms with Gasteiger partial charge in [0.1, 0.15) is 0 Å². The van der Waals surface area contributed by atoms with Crippen LogP contribution in [0.5, 0.6) is 0 Å². The number of nitrogens with zero attached hydrogens (tertiary/aromatic N) is 1. The lowest BCUT2D eigenvalue weighted by atomic mass is 9.89. The number of nitrogens with one attached hydrogen (secondary N) is 1. The fourth-order valence-electron chi connectivity index (χ4n) is 3.60. The van der Waals surface area contributed by atoms with E-state index in [1.165, 1.54) is 0 Å². The average Bonchev–Trinajstić information content (AvgIpc) is 2.98. The van der Waals surface area contributed by atoms with Crippen LogP contribution in [0.25, 0.3) is 4.85 Å². The summed E-state index contributed by atoms with van der Waals surface area (Å²) in [6, 6.07) is 7.67. The van der Waals surface area contributed by atoms with Gasteiger partial charge in [0, 0.05) is 12.0 Å². The van der Waals surface area contributed by atoms with E-state index in [4.69, 9.17) is 6.57 Å². The van der Waals surface area contributed by atoms with Crippen molar-refractivity contribution in [2.75, 3.05) is 6.54 Å². The molecule has 1 saturated carbocycles. The van der Waals surface area contributed by atoms with Crippen LogP contribution in [-0.2, 0) is 0 Å². The third kappa shape index (κ3) is 2.23. The molecule has 2 aliphatic rings. The van der Waals surface area contributed by atoms with Crippen molar-refractivity contribution in [2.24, 2.45) is 17.8 Å². The van der Waals surface area contributed by atoms with Gasteiger partial charge in [0.25, 0.3) is 0 Å². The molecule has 0 aromatic heterocycles. The molecule has 0 bridgehead atoms. The van der Waals surface area contributed by atoms with E-state index in [1.54, 1.807) is 12.1 Å². The largest absolute Gasteiger partial charge is 0.309 e. The summed E-state index contributed by atoms with van der Waals surface area (Å²) in [4.78, 5) is 3.37. The van der Waals surface area contributed by atoms with Gasteiger partial charge in [-0.15, -0.1) is 0 Å². The number of halogens is 2. The number of hydrogen-bond donors (Lipinski definition) is 1. The Labute approximate surface area is 111 Å². The monoisotopic (exact) mass is 262 g/mol. The number of alkyl halides is 2. The summed E-state index contributed by atoms with van der Waals surface area (Å²) >= 11 is 0. The highest BCUT2D eigenvalue weighted by Crippen LogP contribution is 2.48. The van der Waals surface area contributed by atoms with E-state index < -0.39 is 12.3 Å². The normalized spacial score (nSPS) is 33.4. The fraction of sp³-hybridized carbons (Fsp3) is 0.533. The number of rotatable bonds is 2. The lowest BCUT2D eigenvalue weighted by molar-refractivity contribution is 0.0753. The molecular weight excluding hydrogens is 246 g/mol. The van der Waals surface area contributed by atoms with E-state index in [-0.39, 0.29) is 6.04 Å². The lowest BCUT2D eigenvalue weighted by Crippen LogP contribution is -2.20. The molecule has 1 saturated heterocycles. The van der Waals surface area contributed by atoms with Crippen LogP contribution in [0.15, 0.2) is 24.3 Å². The first-order valence-corrected chi connectivity index (χ1v) is 6.68. The molecule has 0 radical (unpaired) electrons. The summed E-state index contributed by atoms with van der Waals surface area (Å²) < 4.78 is 25.6. The summed E-state index contributed by atoms with van der Waals surface area (Å²) in [5.74, 6) is 0.268. The first-order chi connectivity index (χ1) is 9.19. The lowest BCUT2D eigenvalue weighted by Gasteiger charge is -2.19. The minimum Gasteiger partial charge on any atom is -0.309 e. The molecule has 4 atom stereocenters. The molecule has 2 nitrogen and oxygen atoms in total. The molecule has 2 fully saturated rings. The third-order valence-electron chi connectivity index (χ3n) is 4.55. The van der Waals surface area contributed by atoms with E-state index in [9.17, 15) is 8.78 Å². The van der Waals surface area contributed by atoms with Gasteiger partial charge in [-0.2, -0.15) is 0 Å². The van der Waals surface area contributed by atoms with Crippen molar-refractivity contribution in [2.45, 2.75) is 25.3 Å². The van der Waals surface area contributed by atoms with Crippen molar-refractivity contribution in [3.8, 4) is 0 Å². The van der Waals surface area contributed by atoms with Gasteiger partial charge < -0.3 is 5.32 Å². The molecule has 1 heterocycles. The van der Waals surface area contributed by atoms with Crippen LogP contribution in [0.4, 0.5) is 14.5 Å². The molecule has 1 aromatic carbocycles. The van der Waals surface area contributed by atoms with E-state index in [1.807, 2.05) is 12.1 Å². The molecule has 1 aliphatic heterocycles. The molecule has 3 rings (SSSR count). The highest BCUT2D eigenvalue weighted by Gasteiger charge is 2.46. The van der Waals surface area contributed by atoms with Crippen LogP contribution < -0.4 is 5.32 Å². The molecule has 19 heavy (non-hydrogen) atoms. The van der Waals surface area contributed by atoms with E-state index in [0.29, 0.717) is 30.4 Å². The van der Waals surface area contributed by atoms with E-state index in [0.717, 1.165) is 12.1 Å². The van der Waals surface area contributed by atoms with Gasteiger partial charge in [-0.3, -0.25) is 0 Å². The first kappa shape index (κ1) is 12.6. The molecule has 1 aliphatic carbocycles. The highest BCUT2D eigenvalue weighted by molar-refractivity contribution is 5.46. The van der Waals surface area contributed by atoms with Crippen molar-refractivity contribution in [3.63, 3.8) is 0 Å². The van der Waals surface area contributed by atoms with Gasteiger partial charge in [0.15, 0.2) is 5.69 Å². The van der Waals surface area contributed by atoms with Gasteiger partial charge in [0.2, 0.25) is 6.43 Å². The summed E-state index contributed by atoms with van der Waals surface area (Å²) in [6.07, 6.45) is -0.924. The van der Waals surface area contributed by atoms with Crippen LogP contribution in [0, 0.1) is 24.3 Å². The third-order valence-corrected chi connectivity index (χ3v) is 4.55. The van der Waals surface area contributed by atoms with Gasteiger partial charge in [-0.05, 0) is 36.8 Å². The number of hydrogen-bond acceptors (Lipinski definition) is 1. The summed E-state index contributed by atoms with van der Waals surface area (Å²) in [7, 11) is 0. The Balaban J connectivity index is 1.77. The topological polar surface area (TPSA) is 16.4 Å². The predicted octanol–water partition coefficient (Wildman–Crippen LogP) is 3.79. The highest BCUT2D eigenvalue weighted by atomic mass is 19.3. The molecule has 0 amide bonds. The van der Waals surface area contributed by atoms with Crippen molar-refractivity contribution in [1.82, 2.24) is 5.32 Å². The quantitative estimate of drug-likeness (QED) is 0.802. The second-order valence-electron chi connectivity index (χ2n) is 5.58. The van der Waals surface area contributed by atoms with Crippen molar-refractivity contribution < 1.29 is 8.78 Å². The maximum atomic E-state index is 12.8. The molecule has 100 valence electrons.